The van der Waals surface area contributed by atoms with Crippen molar-refractivity contribution in [3.63, 3.8) is 0 Å². The topological polar surface area (TPSA) is 64.5 Å². The van der Waals surface area contributed by atoms with Gasteiger partial charge in [-0.05, 0) is 31.8 Å². The zero-order valence-corrected chi connectivity index (χ0v) is 10.4. The van der Waals surface area contributed by atoms with E-state index < -0.39 is 0 Å². The van der Waals surface area contributed by atoms with Crippen LogP contribution in [0.4, 0.5) is 0 Å². The summed E-state index contributed by atoms with van der Waals surface area (Å²) in [4.78, 5) is 2.40. The molecule has 0 bridgehead atoms. The second-order valence-corrected chi connectivity index (χ2v) is 4.70. The number of aromatic nitrogens is 1. The molecule has 17 heavy (non-hydrogen) atoms. The molecular weight excluding hydrogens is 218 g/mol. The van der Waals surface area contributed by atoms with Crippen LogP contribution >= 0.6 is 0 Å². The van der Waals surface area contributed by atoms with Crippen molar-refractivity contribution < 1.29 is 9.26 Å². The number of piperidine rings is 1. The van der Waals surface area contributed by atoms with Crippen LogP contribution in [0.15, 0.2) is 10.6 Å². The molecule has 1 unspecified atom stereocenters. The Balaban J connectivity index is 1.86. The Morgan fingerprint density at radius 2 is 2.53 bits per heavy atom. The van der Waals surface area contributed by atoms with Crippen molar-refractivity contribution in [2.45, 2.75) is 26.0 Å². The molecule has 2 heterocycles. The van der Waals surface area contributed by atoms with E-state index in [2.05, 4.69) is 10.1 Å². The van der Waals surface area contributed by atoms with E-state index in [-0.39, 0.29) is 0 Å². The van der Waals surface area contributed by atoms with Crippen molar-refractivity contribution >= 4 is 0 Å². The molecule has 2 rings (SSSR count). The molecular formula is C12H21N3O2. The predicted molar refractivity (Wildman–Crippen MR) is 64.3 cm³/mol. The molecule has 0 saturated carbocycles. The second-order valence-electron chi connectivity index (χ2n) is 4.70. The number of rotatable bonds is 5. The van der Waals surface area contributed by atoms with Gasteiger partial charge in [-0.2, -0.15) is 0 Å². The van der Waals surface area contributed by atoms with Crippen LogP contribution in [0.2, 0.25) is 0 Å². The molecule has 1 saturated heterocycles. The third kappa shape index (κ3) is 3.52. The molecule has 1 aliphatic heterocycles. The Morgan fingerprint density at radius 3 is 3.29 bits per heavy atom. The van der Waals surface area contributed by atoms with Gasteiger partial charge in [0, 0.05) is 26.3 Å². The Kier molecular flexibility index (Phi) is 4.53. The maximum Gasteiger partial charge on any atom is 0.162 e. The number of nitrogens with zero attached hydrogens (tertiary/aromatic N) is 2. The number of hydrogen-bond donors (Lipinski definition) is 1. The van der Waals surface area contributed by atoms with E-state index in [1.807, 2.05) is 6.07 Å². The van der Waals surface area contributed by atoms with E-state index in [1.165, 1.54) is 12.8 Å². The van der Waals surface area contributed by atoms with Crippen molar-refractivity contribution in [3.8, 4) is 0 Å². The van der Waals surface area contributed by atoms with Crippen LogP contribution in [0.1, 0.15) is 24.3 Å². The van der Waals surface area contributed by atoms with E-state index in [4.69, 9.17) is 15.0 Å². The third-order valence-corrected chi connectivity index (χ3v) is 3.22. The van der Waals surface area contributed by atoms with E-state index in [1.54, 1.807) is 7.11 Å². The minimum Gasteiger partial charge on any atom is -0.377 e. The van der Waals surface area contributed by atoms with Crippen LogP contribution in [-0.4, -0.2) is 36.8 Å². The van der Waals surface area contributed by atoms with Gasteiger partial charge in [-0.3, -0.25) is 4.90 Å². The average Bonchev–Trinajstić information content (AvgIpc) is 2.77. The van der Waals surface area contributed by atoms with Crippen LogP contribution in [0.25, 0.3) is 0 Å². The Morgan fingerprint density at radius 1 is 1.65 bits per heavy atom. The van der Waals surface area contributed by atoms with E-state index in [9.17, 15) is 0 Å². The zero-order chi connectivity index (χ0) is 12.1. The van der Waals surface area contributed by atoms with Gasteiger partial charge in [0.05, 0.1) is 5.69 Å². The van der Waals surface area contributed by atoms with Crippen molar-refractivity contribution in [3.05, 3.63) is 17.5 Å². The summed E-state index contributed by atoms with van der Waals surface area (Å²) >= 11 is 0. The molecule has 1 aromatic rings. The van der Waals surface area contributed by atoms with Crippen molar-refractivity contribution in [1.82, 2.24) is 10.1 Å². The smallest absolute Gasteiger partial charge is 0.162 e. The average molecular weight is 239 g/mol. The van der Waals surface area contributed by atoms with Gasteiger partial charge in [0.2, 0.25) is 0 Å². The first kappa shape index (κ1) is 12.5. The highest BCUT2D eigenvalue weighted by molar-refractivity contribution is 5.04. The van der Waals surface area contributed by atoms with E-state index in [0.717, 1.165) is 37.6 Å². The Labute approximate surface area is 102 Å². The quantitative estimate of drug-likeness (QED) is 0.830. The third-order valence-electron chi connectivity index (χ3n) is 3.22. The molecule has 1 fully saturated rings. The van der Waals surface area contributed by atoms with Crippen molar-refractivity contribution in [2.24, 2.45) is 11.7 Å². The fraction of sp³-hybridized carbons (Fsp3) is 0.750. The van der Waals surface area contributed by atoms with Crippen LogP contribution in [0, 0.1) is 5.92 Å². The number of hydrogen-bond acceptors (Lipinski definition) is 5. The highest BCUT2D eigenvalue weighted by atomic mass is 16.5. The molecule has 96 valence electrons. The van der Waals surface area contributed by atoms with Gasteiger partial charge < -0.3 is 15.0 Å². The molecule has 5 heteroatoms. The van der Waals surface area contributed by atoms with Gasteiger partial charge in [-0.1, -0.05) is 5.16 Å². The molecule has 0 aliphatic carbocycles. The lowest BCUT2D eigenvalue weighted by Gasteiger charge is -2.31. The lowest BCUT2D eigenvalue weighted by atomic mass is 9.98. The van der Waals surface area contributed by atoms with E-state index in [0.29, 0.717) is 12.5 Å². The molecule has 1 aliphatic rings. The van der Waals surface area contributed by atoms with Crippen LogP contribution in [-0.2, 0) is 17.9 Å². The number of likely N-dealkylation sites (tertiary alicyclic amines) is 1. The van der Waals surface area contributed by atoms with Gasteiger partial charge in [0.25, 0.3) is 0 Å². The maximum absolute atomic E-state index is 5.73. The summed E-state index contributed by atoms with van der Waals surface area (Å²) in [6.07, 6.45) is 2.48. The zero-order valence-electron chi connectivity index (χ0n) is 10.4. The summed E-state index contributed by atoms with van der Waals surface area (Å²) < 4.78 is 10.2. The monoisotopic (exact) mass is 239 g/mol. The van der Waals surface area contributed by atoms with Gasteiger partial charge in [0.15, 0.2) is 5.76 Å². The van der Waals surface area contributed by atoms with Crippen LogP contribution in [0.3, 0.4) is 0 Å². The fourth-order valence-electron chi connectivity index (χ4n) is 2.36. The minimum atomic E-state index is 0.485. The fourth-order valence-corrected chi connectivity index (χ4v) is 2.36. The molecule has 0 amide bonds. The number of nitrogens with two attached hydrogens (primary N) is 1. The molecule has 0 radical (unpaired) electrons. The molecule has 0 spiro atoms. The molecule has 5 nitrogen and oxygen atoms in total. The number of methoxy groups -OCH3 is 1. The summed E-state index contributed by atoms with van der Waals surface area (Å²) in [5.41, 5.74) is 6.71. The first-order valence-corrected chi connectivity index (χ1v) is 6.17. The Hall–Kier alpha value is -0.910. The normalized spacial score (nSPS) is 21.9. The first-order chi connectivity index (χ1) is 8.31. The summed E-state index contributed by atoms with van der Waals surface area (Å²) in [5.74, 6) is 1.42. The van der Waals surface area contributed by atoms with Crippen molar-refractivity contribution in [1.29, 1.82) is 0 Å². The lowest BCUT2D eigenvalue weighted by Crippen LogP contribution is -2.37. The molecule has 1 atom stereocenters. The summed E-state index contributed by atoms with van der Waals surface area (Å²) in [6.45, 7) is 4.32. The van der Waals surface area contributed by atoms with Crippen molar-refractivity contribution in [2.75, 3.05) is 26.7 Å². The largest absolute Gasteiger partial charge is 0.377 e. The SMILES string of the molecule is COCc1cc(CN2CCCC(CN)C2)no1. The predicted octanol–water partition coefficient (Wildman–Crippen LogP) is 0.992. The highest BCUT2D eigenvalue weighted by Crippen LogP contribution is 2.17. The van der Waals surface area contributed by atoms with E-state index >= 15 is 0 Å². The lowest BCUT2D eigenvalue weighted by molar-refractivity contribution is 0.153. The minimum absolute atomic E-state index is 0.485. The summed E-state index contributed by atoms with van der Waals surface area (Å²) in [6, 6.07) is 1.97. The van der Waals surface area contributed by atoms with Gasteiger partial charge in [-0.15, -0.1) is 0 Å². The van der Waals surface area contributed by atoms with Crippen LogP contribution in [0.5, 0.6) is 0 Å². The van der Waals surface area contributed by atoms with Gasteiger partial charge in [-0.25, -0.2) is 0 Å². The highest BCUT2D eigenvalue weighted by Gasteiger charge is 2.19. The maximum atomic E-state index is 5.73. The first-order valence-electron chi connectivity index (χ1n) is 6.17. The standard InChI is InChI=1S/C12H21N3O2/c1-16-9-12-5-11(14-17-12)8-15-4-2-3-10(6-13)7-15/h5,10H,2-4,6-9,13H2,1H3. The Bertz CT molecular complexity index is 340. The van der Waals surface area contributed by atoms with Crippen LogP contribution < -0.4 is 5.73 Å². The van der Waals surface area contributed by atoms with Gasteiger partial charge in [0.1, 0.15) is 6.61 Å². The summed E-state index contributed by atoms with van der Waals surface area (Å²) in [5, 5.41) is 4.05. The molecule has 2 N–H and O–H groups in total. The number of ether oxygens (including phenoxy) is 1. The summed E-state index contributed by atoms with van der Waals surface area (Å²) in [7, 11) is 1.65. The molecule has 1 aromatic heterocycles. The van der Waals surface area contributed by atoms with Gasteiger partial charge >= 0.3 is 0 Å². The molecule has 0 aromatic carbocycles. The second kappa shape index (κ2) is 6.14.